The second kappa shape index (κ2) is 8.90. The molecule has 1 aliphatic rings. The van der Waals surface area contributed by atoms with E-state index in [0.29, 0.717) is 11.4 Å². The highest BCUT2D eigenvalue weighted by molar-refractivity contribution is 6.36. The number of rotatable bonds is 5. The number of para-hydroxylation sites is 1. The fraction of sp³-hybridized carbons (Fsp3) is 0.276. The summed E-state index contributed by atoms with van der Waals surface area (Å²) in [5.41, 5.74) is 4.77. The second-order valence-corrected chi connectivity index (χ2v) is 9.48. The van der Waals surface area contributed by atoms with Gasteiger partial charge >= 0.3 is 5.97 Å². The van der Waals surface area contributed by atoms with Gasteiger partial charge in [-0.15, -0.1) is 0 Å². The molecule has 0 unspecified atom stereocenters. The van der Waals surface area contributed by atoms with Crippen LogP contribution in [0.3, 0.4) is 0 Å². The van der Waals surface area contributed by atoms with Gasteiger partial charge in [0, 0.05) is 0 Å². The second-order valence-electron chi connectivity index (χ2n) is 9.48. The number of esters is 1. The molecule has 0 aliphatic carbocycles. The molecule has 5 nitrogen and oxygen atoms in total. The molecule has 0 aromatic heterocycles. The van der Waals surface area contributed by atoms with E-state index in [2.05, 4.69) is 0 Å². The van der Waals surface area contributed by atoms with Crippen LogP contribution in [0.1, 0.15) is 92.9 Å². The molecule has 3 aromatic rings. The standard InChI is InChI=1S/C29H29NO4/c1-16(2)21-9-7-10-22(17(3)4)26(21)30-27(31)23-11-8-12-24(25(23)28(30)32)29(33)34-20-14-18(5)13-19(6)15-20/h7-17H,1-6H3. The van der Waals surface area contributed by atoms with Crippen LogP contribution in [0, 0.1) is 13.8 Å². The number of anilines is 1. The average molecular weight is 456 g/mol. The fourth-order valence-corrected chi connectivity index (χ4v) is 4.58. The molecule has 0 bridgehead atoms. The quantitative estimate of drug-likeness (QED) is 0.248. The van der Waals surface area contributed by atoms with Crippen LogP contribution in [-0.2, 0) is 0 Å². The van der Waals surface area contributed by atoms with Crippen molar-refractivity contribution in [2.75, 3.05) is 4.90 Å². The molecule has 2 amide bonds. The van der Waals surface area contributed by atoms with Crippen LogP contribution in [0.25, 0.3) is 0 Å². The van der Waals surface area contributed by atoms with Gasteiger partial charge in [-0.25, -0.2) is 9.69 Å². The Morgan fingerprint density at radius 3 is 1.91 bits per heavy atom. The molecule has 1 heterocycles. The summed E-state index contributed by atoms with van der Waals surface area (Å²) in [6, 6.07) is 16.1. The van der Waals surface area contributed by atoms with Crippen molar-refractivity contribution in [2.24, 2.45) is 0 Å². The van der Waals surface area contributed by atoms with E-state index < -0.39 is 17.8 Å². The Morgan fingerprint density at radius 2 is 1.35 bits per heavy atom. The third kappa shape index (κ3) is 4.03. The van der Waals surface area contributed by atoms with Crippen LogP contribution in [0.4, 0.5) is 5.69 Å². The highest BCUT2D eigenvalue weighted by Crippen LogP contribution is 2.40. The first-order valence-electron chi connectivity index (χ1n) is 11.5. The molecule has 3 aromatic carbocycles. The zero-order valence-electron chi connectivity index (χ0n) is 20.4. The molecular weight excluding hydrogens is 426 g/mol. The topological polar surface area (TPSA) is 63.7 Å². The van der Waals surface area contributed by atoms with Crippen LogP contribution >= 0.6 is 0 Å². The van der Waals surface area contributed by atoms with Gasteiger partial charge in [-0.1, -0.05) is 58.0 Å². The minimum absolute atomic E-state index is 0.0886. The van der Waals surface area contributed by atoms with E-state index in [1.165, 1.54) is 11.0 Å². The van der Waals surface area contributed by atoms with Crippen LogP contribution in [0.5, 0.6) is 5.75 Å². The molecule has 5 heteroatoms. The Hall–Kier alpha value is -3.73. The number of aryl methyl sites for hydroxylation is 2. The van der Waals surface area contributed by atoms with Crippen LogP contribution in [0.15, 0.2) is 54.6 Å². The maximum atomic E-state index is 13.7. The lowest BCUT2D eigenvalue weighted by Crippen LogP contribution is -2.32. The first kappa shape index (κ1) is 23.4. The third-order valence-electron chi connectivity index (χ3n) is 6.11. The van der Waals surface area contributed by atoms with E-state index in [1.807, 2.05) is 65.8 Å². The summed E-state index contributed by atoms with van der Waals surface area (Å²) >= 11 is 0. The first-order valence-corrected chi connectivity index (χ1v) is 11.5. The summed E-state index contributed by atoms with van der Waals surface area (Å²) in [4.78, 5) is 41.7. The molecule has 0 atom stereocenters. The molecule has 0 spiro atoms. The number of hydrogen-bond donors (Lipinski definition) is 0. The number of amides is 2. The maximum absolute atomic E-state index is 13.7. The number of benzene rings is 3. The molecule has 0 fully saturated rings. The smallest absolute Gasteiger partial charge is 0.344 e. The number of imide groups is 1. The van der Waals surface area contributed by atoms with Gasteiger partial charge in [0.15, 0.2) is 0 Å². The zero-order chi connectivity index (χ0) is 24.7. The van der Waals surface area contributed by atoms with Crippen molar-refractivity contribution in [1.29, 1.82) is 0 Å². The Balaban J connectivity index is 1.80. The van der Waals surface area contributed by atoms with Crippen molar-refractivity contribution < 1.29 is 19.1 Å². The van der Waals surface area contributed by atoms with Crippen molar-refractivity contribution in [3.63, 3.8) is 0 Å². The van der Waals surface area contributed by atoms with Gasteiger partial charge in [0.05, 0.1) is 22.4 Å². The Labute approximate surface area is 200 Å². The molecule has 4 rings (SSSR count). The van der Waals surface area contributed by atoms with Gasteiger partial charge in [0.1, 0.15) is 5.75 Å². The number of hydrogen-bond acceptors (Lipinski definition) is 4. The third-order valence-corrected chi connectivity index (χ3v) is 6.11. The predicted octanol–water partition coefficient (Wildman–Crippen LogP) is 6.57. The Morgan fingerprint density at radius 1 is 0.794 bits per heavy atom. The normalized spacial score (nSPS) is 13.1. The van der Waals surface area contributed by atoms with Crippen molar-refractivity contribution in [1.82, 2.24) is 0 Å². The van der Waals surface area contributed by atoms with Crippen LogP contribution in [0.2, 0.25) is 0 Å². The molecule has 1 aliphatic heterocycles. The van der Waals surface area contributed by atoms with E-state index in [9.17, 15) is 14.4 Å². The minimum Gasteiger partial charge on any atom is -0.423 e. The number of carbonyl (C=O) groups excluding carboxylic acids is 3. The number of carbonyl (C=O) groups is 3. The van der Waals surface area contributed by atoms with Gasteiger partial charge in [-0.2, -0.15) is 0 Å². The summed E-state index contributed by atoms with van der Waals surface area (Å²) in [5.74, 6) is -0.968. The molecule has 174 valence electrons. The number of ether oxygens (including phenoxy) is 1. The lowest BCUT2D eigenvalue weighted by atomic mass is 9.92. The molecule has 34 heavy (non-hydrogen) atoms. The molecule has 0 N–H and O–H groups in total. The van der Waals surface area contributed by atoms with Gasteiger partial charge in [-0.05, 0) is 72.2 Å². The predicted molar refractivity (Wildman–Crippen MR) is 133 cm³/mol. The molecule has 0 radical (unpaired) electrons. The van der Waals surface area contributed by atoms with Crippen molar-refractivity contribution in [2.45, 2.75) is 53.4 Å². The van der Waals surface area contributed by atoms with E-state index in [-0.39, 0.29) is 28.5 Å². The molecular formula is C29H29NO4. The largest absolute Gasteiger partial charge is 0.423 e. The molecule has 0 saturated heterocycles. The van der Waals surface area contributed by atoms with Gasteiger partial charge in [0.25, 0.3) is 11.8 Å². The zero-order valence-corrected chi connectivity index (χ0v) is 20.4. The summed E-state index contributed by atoms with van der Waals surface area (Å²) in [5, 5.41) is 0. The monoisotopic (exact) mass is 455 g/mol. The van der Waals surface area contributed by atoms with Crippen LogP contribution < -0.4 is 9.64 Å². The van der Waals surface area contributed by atoms with E-state index in [4.69, 9.17) is 4.74 Å². The highest BCUT2D eigenvalue weighted by atomic mass is 16.5. The lowest BCUT2D eigenvalue weighted by molar-refractivity contribution is 0.0729. The fourth-order valence-electron chi connectivity index (χ4n) is 4.58. The highest BCUT2D eigenvalue weighted by Gasteiger charge is 2.42. The van der Waals surface area contributed by atoms with E-state index in [0.717, 1.165) is 22.3 Å². The Bertz CT molecular complexity index is 1270. The summed E-state index contributed by atoms with van der Waals surface area (Å²) < 4.78 is 5.61. The Kier molecular flexibility index (Phi) is 6.13. The van der Waals surface area contributed by atoms with Gasteiger partial charge in [0.2, 0.25) is 0 Å². The summed E-state index contributed by atoms with van der Waals surface area (Å²) in [6.45, 7) is 12.0. The average Bonchev–Trinajstić information content (AvgIpc) is 3.02. The molecule has 0 saturated carbocycles. The van der Waals surface area contributed by atoms with Crippen molar-refractivity contribution >= 4 is 23.5 Å². The first-order chi connectivity index (χ1) is 16.1. The maximum Gasteiger partial charge on any atom is 0.344 e. The van der Waals surface area contributed by atoms with Crippen molar-refractivity contribution in [3.8, 4) is 5.75 Å². The summed E-state index contributed by atoms with van der Waals surface area (Å²) in [6.07, 6.45) is 0. The van der Waals surface area contributed by atoms with Crippen molar-refractivity contribution in [3.05, 3.63) is 93.5 Å². The SMILES string of the molecule is Cc1cc(C)cc(OC(=O)c2cccc3c2C(=O)N(c2c(C(C)C)cccc2C(C)C)C3=O)c1. The number of nitrogens with zero attached hydrogens (tertiary/aromatic N) is 1. The number of fused-ring (bicyclic) bond motifs is 1. The lowest BCUT2D eigenvalue weighted by Gasteiger charge is -2.25. The van der Waals surface area contributed by atoms with Gasteiger partial charge in [-0.3, -0.25) is 9.59 Å². The minimum atomic E-state index is -0.661. The summed E-state index contributed by atoms with van der Waals surface area (Å²) in [7, 11) is 0. The van der Waals surface area contributed by atoms with Gasteiger partial charge < -0.3 is 4.74 Å². The van der Waals surface area contributed by atoms with E-state index in [1.54, 1.807) is 24.3 Å². The van der Waals surface area contributed by atoms with E-state index >= 15 is 0 Å². The van der Waals surface area contributed by atoms with Crippen LogP contribution in [-0.4, -0.2) is 17.8 Å².